The maximum atomic E-state index is 12.9. The minimum Gasteiger partial charge on any atom is -0.341 e. The molecule has 1 aromatic heterocycles. The fraction of sp³-hybridized carbons (Fsp3) is 0.524. The monoisotopic (exact) mass is 399 g/mol. The van der Waals surface area contributed by atoms with Crippen molar-refractivity contribution in [3.05, 3.63) is 53.1 Å². The number of nitrogens with one attached hydrogen (secondary N) is 3. The number of benzene rings is 1. The third-order valence-corrected chi connectivity index (χ3v) is 7.29. The van der Waals surface area contributed by atoms with Crippen LogP contribution in [0.1, 0.15) is 48.2 Å². The first-order chi connectivity index (χ1) is 13.7. The van der Waals surface area contributed by atoms with Crippen molar-refractivity contribution in [1.82, 2.24) is 25.7 Å². The molecule has 2 saturated heterocycles. The number of carbonyl (C=O) groups is 1. The maximum Gasteiger partial charge on any atom is 0.271 e. The topological polar surface area (TPSA) is 73.0 Å². The summed E-state index contributed by atoms with van der Waals surface area (Å²) in [5.74, 6) is 0.433. The average molecular weight is 400 g/mol. The highest BCUT2D eigenvalue weighted by Gasteiger charge is 2.52. The highest BCUT2D eigenvalue weighted by Crippen LogP contribution is 2.48. The molecule has 6 nitrogen and oxygen atoms in total. The standard InChI is InChI=1S/C21H26ClN5O/c22-15-5-3-14(4-6-15)21(8-1-2-9-21)19-16-12-27(10-7-17(16)25-26-19)20(28)18-11-23-13-24-18/h3-6,11,13,16-17,19,25-26H,1-2,7-10,12H2,(H,23,24). The quantitative estimate of drug-likeness (QED) is 0.742. The molecule has 5 rings (SSSR count). The summed E-state index contributed by atoms with van der Waals surface area (Å²) in [6, 6.07) is 9.11. The number of piperidine rings is 1. The van der Waals surface area contributed by atoms with E-state index in [4.69, 9.17) is 11.6 Å². The van der Waals surface area contributed by atoms with E-state index in [0.29, 0.717) is 23.7 Å². The number of hydrogen-bond acceptors (Lipinski definition) is 4. The predicted octanol–water partition coefficient (Wildman–Crippen LogP) is 2.88. The van der Waals surface area contributed by atoms with Crippen LogP contribution in [-0.4, -0.2) is 45.9 Å². The second kappa shape index (κ2) is 7.17. The van der Waals surface area contributed by atoms with Gasteiger partial charge in [0.1, 0.15) is 5.69 Å². The Kier molecular flexibility index (Phi) is 4.65. The minimum absolute atomic E-state index is 0.0496. The highest BCUT2D eigenvalue weighted by atomic mass is 35.5. The van der Waals surface area contributed by atoms with E-state index >= 15 is 0 Å². The third-order valence-electron chi connectivity index (χ3n) is 7.04. The van der Waals surface area contributed by atoms with Gasteiger partial charge in [-0.3, -0.25) is 15.6 Å². The summed E-state index contributed by atoms with van der Waals surface area (Å²) in [6.45, 7) is 1.54. The van der Waals surface area contributed by atoms with Gasteiger partial charge in [0.25, 0.3) is 5.91 Å². The number of hydrogen-bond donors (Lipinski definition) is 3. The Hall–Kier alpha value is -1.89. The van der Waals surface area contributed by atoms with Gasteiger partial charge < -0.3 is 9.88 Å². The average Bonchev–Trinajstić information content (AvgIpc) is 3.47. The lowest BCUT2D eigenvalue weighted by atomic mass is 9.67. The summed E-state index contributed by atoms with van der Waals surface area (Å²) in [6.07, 6.45) is 8.98. The summed E-state index contributed by atoms with van der Waals surface area (Å²) in [4.78, 5) is 21.8. The number of halogens is 1. The molecule has 0 radical (unpaired) electrons. The van der Waals surface area contributed by atoms with Gasteiger partial charge in [-0.2, -0.15) is 0 Å². The zero-order valence-electron chi connectivity index (χ0n) is 15.8. The molecule has 3 fully saturated rings. The molecule has 1 aliphatic carbocycles. The molecule has 28 heavy (non-hydrogen) atoms. The van der Waals surface area contributed by atoms with Crippen LogP contribution in [0.3, 0.4) is 0 Å². The van der Waals surface area contributed by atoms with Crippen molar-refractivity contribution in [1.29, 1.82) is 0 Å². The smallest absolute Gasteiger partial charge is 0.271 e. The van der Waals surface area contributed by atoms with Crippen molar-refractivity contribution in [2.45, 2.75) is 49.6 Å². The number of aromatic amines is 1. The van der Waals surface area contributed by atoms with Crippen LogP contribution >= 0.6 is 11.6 Å². The molecular weight excluding hydrogens is 374 g/mol. The fourth-order valence-electron chi connectivity index (χ4n) is 5.65. The number of rotatable bonds is 3. The van der Waals surface area contributed by atoms with Crippen LogP contribution < -0.4 is 10.9 Å². The number of amides is 1. The molecule has 3 aliphatic rings. The van der Waals surface area contributed by atoms with Gasteiger partial charge >= 0.3 is 0 Å². The number of carbonyl (C=O) groups excluding carboxylic acids is 1. The minimum atomic E-state index is 0.0496. The number of nitrogens with zero attached hydrogens (tertiary/aromatic N) is 2. The molecule has 2 aromatic rings. The molecule has 1 aromatic carbocycles. The third kappa shape index (κ3) is 2.95. The molecule has 1 amide bonds. The van der Waals surface area contributed by atoms with E-state index in [1.165, 1.54) is 31.2 Å². The van der Waals surface area contributed by atoms with Gasteiger partial charge in [-0.25, -0.2) is 4.98 Å². The Labute approximate surface area is 170 Å². The SMILES string of the molecule is O=C(c1cnc[nH]1)N1CCC2NNC(C3(c4ccc(Cl)cc4)CCCC3)C2C1. The van der Waals surface area contributed by atoms with Crippen molar-refractivity contribution in [3.8, 4) is 0 Å². The van der Waals surface area contributed by atoms with Gasteiger partial charge in [0.05, 0.1) is 12.5 Å². The molecule has 3 N–H and O–H groups in total. The largest absolute Gasteiger partial charge is 0.341 e. The fourth-order valence-corrected chi connectivity index (χ4v) is 5.77. The van der Waals surface area contributed by atoms with Crippen LogP contribution in [0.25, 0.3) is 0 Å². The van der Waals surface area contributed by atoms with Crippen LogP contribution in [0.15, 0.2) is 36.8 Å². The first-order valence-corrected chi connectivity index (χ1v) is 10.6. The zero-order valence-corrected chi connectivity index (χ0v) is 16.6. The molecule has 148 valence electrons. The maximum absolute atomic E-state index is 12.9. The molecular formula is C21H26ClN5O. The first-order valence-electron chi connectivity index (χ1n) is 10.2. The van der Waals surface area contributed by atoms with Gasteiger partial charge in [0.2, 0.25) is 0 Å². The Morgan fingerprint density at radius 1 is 1.18 bits per heavy atom. The number of H-pyrrole nitrogens is 1. The van der Waals surface area contributed by atoms with E-state index in [1.54, 1.807) is 12.5 Å². The number of fused-ring (bicyclic) bond motifs is 1. The van der Waals surface area contributed by atoms with E-state index in [-0.39, 0.29) is 11.3 Å². The van der Waals surface area contributed by atoms with Crippen molar-refractivity contribution < 1.29 is 4.79 Å². The lowest BCUT2D eigenvalue weighted by molar-refractivity contribution is 0.0624. The number of aromatic nitrogens is 2. The van der Waals surface area contributed by atoms with Crippen molar-refractivity contribution in [3.63, 3.8) is 0 Å². The van der Waals surface area contributed by atoms with Crippen LogP contribution in [-0.2, 0) is 5.41 Å². The summed E-state index contributed by atoms with van der Waals surface area (Å²) < 4.78 is 0. The first kappa shape index (κ1) is 18.2. The van der Waals surface area contributed by atoms with Crippen LogP contribution in [0, 0.1) is 5.92 Å². The Bertz CT molecular complexity index is 831. The van der Waals surface area contributed by atoms with E-state index in [2.05, 4.69) is 33.0 Å². The molecule has 7 heteroatoms. The van der Waals surface area contributed by atoms with Crippen LogP contribution in [0.4, 0.5) is 0 Å². The second-order valence-corrected chi connectivity index (χ2v) is 8.85. The molecule has 1 saturated carbocycles. The number of imidazole rings is 1. The van der Waals surface area contributed by atoms with E-state index in [1.807, 2.05) is 17.0 Å². The zero-order chi connectivity index (χ0) is 19.1. The summed E-state index contributed by atoms with van der Waals surface area (Å²) in [5.41, 5.74) is 9.23. The van der Waals surface area contributed by atoms with Crippen molar-refractivity contribution in [2.24, 2.45) is 5.92 Å². The lowest BCUT2D eigenvalue weighted by Crippen LogP contribution is -2.53. The van der Waals surface area contributed by atoms with Gasteiger partial charge in [-0.1, -0.05) is 36.6 Å². The Morgan fingerprint density at radius 2 is 1.96 bits per heavy atom. The van der Waals surface area contributed by atoms with E-state index in [9.17, 15) is 4.79 Å². The van der Waals surface area contributed by atoms with Gasteiger partial charge in [0.15, 0.2) is 0 Å². The second-order valence-electron chi connectivity index (χ2n) is 8.41. The lowest BCUT2D eigenvalue weighted by Gasteiger charge is -2.43. The van der Waals surface area contributed by atoms with Crippen molar-refractivity contribution >= 4 is 17.5 Å². The summed E-state index contributed by atoms with van der Waals surface area (Å²) >= 11 is 6.16. The number of hydrazine groups is 1. The molecule has 3 heterocycles. The van der Waals surface area contributed by atoms with Crippen molar-refractivity contribution in [2.75, 3.05) is 13.1 Å². The molecule has 3 unspecified atom stereocenters. The van der Waals surface area contributed by atoms with Gasteiger partial charge in [-0.15, -0.1) is 0 Å². The normalized spacial score (nSPS) is 29.0. The molecule has 0 bridgehead atoms. The Balaban J connectivity index is 1.43. The predicted molar refractivity (Wildman–Crippen MR) is 108 cm³/mol. The van der Waals surface area contributed by atoms with Gasteiger partial charge in [0, 0.05) is 41.5 Å². The number of likely N-dealkylation sites (tertiary alicyclic amines) is 1. The molecule has 0 spiro atoms. The van der Waals surface area contributed by atoms with Crippen LogP contribution in [0.5, 0.6) is 0 Å². The molecule has 2 aliphatic heterocycles. The highest BCUT2D eigenvalue weighted by molar-refractivity contribution is 6.30. The van der Waals surface area contributed by atoms with E-state index < -0.39 is 0 Å². The summed E-state index contributed by atoms with van der Waals surface area (Å²) in [5, 5.41) is 0.779. The Morgan fingerprint density at radius 3 is 2.68 bits per heavy atom. The van der Waals surface area contributed by atoms with Crippen LogP contribution in [0.2, 0.25) is 5.02 Å². The molecule has 3 atom stereocenters. The van der Waals surface area contributed by atoms with E-state index in [0.717, 1.165) is 24.5 Å². The summed E-state index contributed by atoms with van der Waals surface area (Å²) in [7, 11) is 0. The van der Waals surface area contributed by atoms with Gasteiger partial charge in [-0.05, 0) is 37.0 Å².